The third-order valence-corrected chi connectivity index (χ3v) is 5.33. The Kier molecular flexibility index (Phi) is 5.40. The van der Waals surface area contributed by atoms with Gasteiger partial charge in [-0.05, 0) is 42.5 Å². The van der Waals surface area contributed by atoms with Gasteiger partial charge in [-0.15, -0.1) is 11.3 Å². The summed E-state index contributed by atoms with van der Waals surface area (Å²) in [5.74, 6) is 0.404. The lowest BCUT2D eigenvalue weighted by Gasteiger charge is -2.16. The van der Waals surface area contributed by atoms with Crippen molar-refractivity contribution >= 4 is 45.5 Å². The molecule has 8 heteroatoms. The number of anilines is 1. The molecule has 3 rings (SSSR count). The van der Waals surface area contributed by atoms with Gasteiger partial charge in [0, 0.05) is 12.4 Å². The van der Waals surface area contributed by atoms with Crippen LogP contribution in [0.1, 0.15) is 11.3 Å². The van der Waals surface area contributed by atoms with Gasteiger partial charge in [-0.25, -0.2) is 4.98 Å². The number of hydrogen-bond donors (Lipinski definition) is 1. The number of likely N-dealkylation sites (N-methyl/N-ethyl adjacent to an activating group) is 1. The van der Waals surface area contributed by atoms with E-state index in [9.17, 15) is 9.59 Å². The maximum Gasteiger partial charge on any atom is 0.290 e. The quantitative estimate of drug-likeness (QED) is 0.781. The van der Waals surface area contributed by atoms with Gasteiger partial charge in [0.05, 0.1) is 17.1 Å². The maximum atomic E-state index is 11.5. The molecule has 1 saturated heterocycles. The van der Waals surface area contributed by atoms with Crippen LogP contribution in [-0.2, 0) is 4.79 Å². The summed E-state index contributed by atoms with van der Waals surface area (Å²) in [6.45, 7) is 3.25. The number of imide groups is 1. The molecule has 2 heterocycles. The minimum Gasteiger partial charge on any atom is -0.492 e. The highest BCUT2D eigenvalue weighted by Crippen LogP contribution is 2.26. The van der Waals surface area contributed by atoms with E-state index in [1.165, 1.54) is 0 Å². The fourth-order valence-corrected chi connectivity index (χ4v) is 3.62. The predicted octanol–water partition coefficient (Wildman–Crippen LogP) is 3.29. The van der Waals surface area contributed by atoms with E-state index in [0.717, 1.165) is 40.4 Å². The van der Waals surface area contributed by atoms with E-state index >= 15 is 0 Å². The van der Waals surface area contributed by atoms with Crippen molar-refractivity contribution < 1.29 is 14.3 Å². The highest BCUT2D eigenvalue weighted by atomic mass is 32.2. The number of benzene rings is 1. The number of hydrogen-bond acceptors (Lipinski definition) is 7. The molecule has 2 aromatic rings. The minimum absolute atomic E-state index is 0.337. The Bertz CT molecular complexity index is 815. The van der Waals surface area contributed by atoms with Crippen molar-refractivity contribution in [1.82, 2.24) is 10.3 Å². The zero-order valence-corrected chi connectivity index (χ0v) is 15.4. The lowest BCUT2D eigenvalue weighted by atomic mass is 10.2. The summed E-state index contributed by atoms with van der Waals surface area (Å²) in [6, 6.07) is 7.40. The molecule has 0 atom stereocenters. The van der Waals surface area contributed by atoms with Gasteiger partial charge in [-0.3, -0.25) is 14.9 Å². The van der Waals surface area contributed by atoms with Crippen molar-refractivity contribution in [2.24, 2.45) is 0 Å². The molecule has 0 bridgehead atoms. The van der Waals surface area contributed by atoms with Crippen molar-refractivity contribution in [3.8, 4) is 5.75 Å². The average molecular weight is 375 g/mol. The van der Waals surface area contributed by atoms with Crippen molar-refractivity contribution in [3.05, 3.63) is 45.8 Å². The van der Waals surface area contributed by atoms with Crippen LogP contribution in [0.15, 0.2) is 34.6 Å². The van der Waals surface area contributed by atoms with Gasteiger partial charge in [0.2, 0.25) is 0 Å². The first-order valence-electron chi connectivity index (χ1n) is 7.62. The van der Waals surface area contributed by atoms with E-state index in [1.807, 2.05) is 43.6 Å². The number of thiazole rings is 1. The van der Waals surface area contributed by atoms with E-state index < -0.39 is 0 Å². The Morgan fingerprint density at radius 2 is 2.04 bits per heavy atom. The molecule has 2 amide bonds. The second kappa shape index (κ2) is 7.71. The van der Waals surface area contributed by atoms with E-state index in [-0.39, 0.29) is 11.1 Å². The topological polar surface area (TPSA) is 71.5 Å². The summed E-state index contributed by atoms with van der Waals surface area (Å²) in [5, 5.41) is 4.90. The molecule has 0 spiro atoms. The lowest BCUT2D eigenvalue weighted by molar-refractivity contribution is -0.115. The van der Waals surface area contributed by atoms with Gasteiger partial charge < -0.3 is 9.64 Å². The molecule has 1 aliphatic heterocycles. The van der Waals surface area contributed by atoms with Crippen LogP contribution in [0.2, 0.25) is 0 Å². The molecule has 1 N–H and O–H groups in total. The number of nitrogens with one attached hydrogen (secondary N) is 1. The highest BCUT2D eigenvalue weighted by Gasteiger charge is 2.24. The minimum atomic E-state index is -0.351. The van der Waals surface area contributed by atoms with Crippen LogP contribution >= 0.6 is 23.1 Å². The van der Waals surface area contributed by atoms with Gasteiger partial charge in [0.1, 0.15) is 12.4 Å². The second-order valence-corrected chi connectivity index (χ2v) is 7.31. The molecule has 25 heavy (non-hydrogen) atoms. The van der Waals surface area contributed by atoms with Gasteiger partial charge in [0.25, 0.3) is 11.1 Å². The van der Waals surface area contributed by atoms with Crippen LogP contribution in [0.3, 0.4) is 0 Å². The van der Waals surface area contributed by atoms with Crippen LogP contribution < -0.4 is 15.0 Å². The number of nitrogens with zero attached hydrogens (tertiary/aromatic N) is 2. The number of aryl methyl sites for hydroxylation is 1. The summed E-state index contributed by atoms with van der Waals surface area (Å²) < 4.78 is 5.74. The smallest absolute Gasteiger partial charge is 0.290 e. The molecule has 0 radical (unpaired) electrons. The summed E-state index contributed by atoms with van der Waals surface area (Å²) in [6.07, 6.45) is 1.69. The lowest BCUT2D eigenvalue weighted by Crippen LogP contribution is -2.23. The van der Waals surface area contributed by atoms with Gasteiger partial charge in [-0.2, -0.15) is 0 Å². The Labute approximate surface area is 153 Å². The van der Waals surface area contributed by atoms with Crippen LogP contribution in [0.25, 0.3) is 6.08 Å². The SMILES string of the molecule is Cc1csc(N(C)CCOc2ccc(/C=C3\SC(=O)NC3=O)cc2)n1. The predicted molar refractivity (Wildman–Crippen MR) is 101 cm³/mol. The van der Waals surface area contributed by atoms with E-state index in [1.54, 1.807) is 17.4 Å². The van der Waals surface area contributed by atoms with Crippen molar-refractivity contribution in [3.63, 3.8) is 0 Å². The van der Waals surface area contributed by atoms with Crippen LogP contribution in [-0.4, -0.2) is 36.3 Å². The van der Waals surface area contributed by atoms with Crippen LogP contribution in [0.4, 0.5) is 9.93 Å². The maximum absolute atomic E-state index is 11.5. The number of thioether (sulfide) groups is 1. The number of ether oxygens (including phenoxy) is 1. The zero-order valence-electron chi connectivity index (χ0n) is 13.8. The first-order valence-corrected chi connectivity index (χ1v) is 9.32. The molecule has 0 unspecified atom stereocenters. The van der Waals surface area contributed by atoms with Crippen molar-refractivity contribution in [2.75, 3.05) is 25.1 Å². The third-order valence-electron chi connectivity index (χ3n) is 3.45. The standard InChI is InChI=1S/C17H17N3O3S2/c1-11-10-24-16(18-11)20(2)7-8-23-13-5-3-12(4-6-13)9-14-15(21)19-17(22)25-14/h3-6,9-10H,7-8H2,1-2H3,(H,19,21,22)/b14-9-. The molecule has 1 aliphatic rings. The largest absolute Gasteiger partial charge is 0.492 e. The monoisotopic (exact) mass is 375 g/mol. The Hall–Kier alpha value is -2.32. The molecule has 1 aromatic heterocycles. The number of carbonyl (C=O) groups excluding carboxylic acids is 2. The zero-order chi connectivity index (χ0) is 17.8. The molecular weight excluding hydrogens is 358 g/mol. The number of carbonyl (C=O) groups is 2. The fraction of sp³-hybridized carbons (Fsp3) is 0.235. The first kappa shape index (κ1) is 17.5. The van der Waals surface area contributed by atoms with Crippen LogP contribution in [0, 0.1) is 6.92 Å². The number of rotatable bonds is 6. The first-order chi connectivity index (χ1) is 12.0. The molecule has 130 valence electrons. The Morgan fingerprint density at radius 3 is 2.64 bits per heavy atom. The summed E-state index contributed by atoms with van der Waals surface area (Å²) >= 11 is 2.52. The van der Waals surface area contributed by atoms with Crippen molar-refractivity contribution in [2.45, 2.75) is 6.92 Å². The fourth-order valence-electron chi connectivity index (χ4n) is 2.15. The van der Waals surface area contributed by atoms with Gasteiger partial charge >= 0.3 is 0 Å². The summed E-state index contributed by atoms with van der Waals surface area (Å²) in [5.41, 5.74) is 1.86. The highest BCUT2D eigenvalue weighted by molar-refractivity contribution is 8.18. The van der Waals surface area contributed by atoms with Crippen LogP contribution in [0.5, 0.6) is 5.75 Å². The molecule has 1 fully saturated rings. The molecule has 0 saturated carbocycles. The van der Waals surface area contributed by atoms with E-state index in [2.05, 4.69) is 15.2 Å². The summed E-state index contributed by atoms with van der Waals surface area (Å²) in [7, 11) is 1.99. The molecule has 6 nitrogen and oxygen atoms in total. The van der Waals surface area contributed by atoms with Gasteiger partial charge in [0.15, 0.2) is 5.13 Å². The van der Waals surface area contributed by atoms with Gasteiger partial charge in [-0.1, -0.05) is 12.1 Å². The molecular formula is C17H17N3O3S2. The third kappa shape index (κ3) is 4.61. The number of aromatic nitrogens is 1. The van der Waals surface area contributed by atoms with Crippen molar-refractivity contribution in [1.29, 1.82) is 0 Å². The average Bonchev–Trinajstić information content (AvgIpc) is 3.14. The van der Waals surface area contributed by atoms with E-state index in [4.69, 9.17) is 4.74 Å². The second-order valence-electron chi connectivity index (χ2n) is 5.46. The molecule has 1 aromatic carbocycles. The Morgan fingerprint density at radius 1 is 1.28 bits per heavy atom. The number of amides is 2. The van der Waals surface area contributed by atoms with E-state index in [0.29, 0.717) is 11.5 Å². The summed E-state index contributed by atoms with van der Waals surface area (Å²) in [4.78, 5) is 29.6. The Balaban J connectivity index is 1.52. The molecule has 0 aliphatic carbocycles. The normalized spacial score (nSPS) is 15.5.